The average Bonchev–Trinajstić information content (AvgIpc) is 3.25. The molecule has 10 heteroatoms. The Morgan fingerprint density at radius 3 is 2.58 bits per heavy atom. The SMILES string of the molecule is Cc1cc(-n2cc(-c3ccccc3N)nn2)ccc1OC1OC(CO)C(O)C(O)C1O. The summed E-state index contributed by atoms with van der Waals surface area (Å²) < 4.78 is 12.7. The number of aliphatic hydroxyl groups excluding tert-OH is 4. The molecule has 2 aromatic carbocycles. The van der Waals surface area contributed by atoms with Crippen molar-refractivity contribution in [1.29, 1.82) is 0 Å². The molecule has 1 saturated heterocycles. The minimum atomic E-state index is -1.51. The van der Waals surface area contributed by atoms with Gasteiger partial charge in [0.25, 0.3) is 0 Å². The summed E-state index contributed by atoms with van der Waals surface area (Å²) in [6.07, 6.45) is -4.95. The molecule has 3 aromatic rings. The average molecular weight is 428 g/mol. The van der Waals surface area contributed by atoms with Crippen LogP contribution in [-0.4, -0.2) is 72.7 Å². The van der Waals surface area contributed by atoms with Crippen LogP contribution in [0.4, 0.5) is 5.69 Å². The van der Waals surface area contributed by atoms with Crippen LogP contribution in [0.2, 0.25) is 0 Å². The van der Waals surface area contributed by atoms with Crippen molar-refractivity contribution in [2.45, 2.75) is 37.6 Å². The largest absolute Gasteiger partial charge is 0.462 e. The Labute approximate surface area is 178 Å². The summed E-state index contributed by atoms with van der Waals surface area (Å²) in [4.78, 5) is 0. The van der Waals surface area contributed by atoms with Gasteiger partial charge in [0, 0.05) is 11.3 Å². The van der Waals surface area contributed by atoms with Crippen LogP contribution in [0.3, 0.4) is 0 Å². The summed E-state index contributed by atoms with van der Waals surface area (Å²) >= 11 is 0. The lowest BCUT2D eigenvalue weighted by Crippen LogP contribution is -2.60. The van der Waals surface area contributed by atoms with Gasteiger partial charge in [-0.25, -0.2) is 4.68 Å². The topological polar surface area (TPSA) is 156 Å². The molecule has 2 heterocycles. The Morgan fingerprint density at radius 2 is 1.87 bits per heavy atom. The lowest BCUT2D eigenvalue weighted by Gasteiger charge is -2.39. The van der Waals surface area contributed by atoms with Gasteiger partial charge in [-0.05, 0) is 36.8 Å². The van der Waals surface area contributed by atoms with E-state index in [1.54, 1.807) is 36.0 Å². The van der Waals surface area contributed by atoms with E-state index >= 15 is 0 Å². The third-order valence-electron chi connectivity index (χ3n) is 5.24. The van der Waals surface area contributed by atoms with Crippen LogP contribution in [0.15, 0.2) is 48.7 Å². The first-order valence-corrected chi connectivity index (χ1v) is 9.74. The first-order chi connectivity index (χ1) is 14.9. The summed E-state index contributed by atoms with van der Waals surface area (Å²) in [5.41, 5.74) is 9.48. The summed E-state index contributed by atoms with van der Waals surface area (Å²) in [5, 5.41) is 47.6. The Kier molecular flexibility index (Phi) is 5.90. The van der Waals surface area contributed by atoms with Crippen LogP contribution < -0.4 is 10.5 Å². The lowest BCUT2D eigenvalue weighted by atomic mass is 9.99. The molecule has 0 bridgehead atoms. The van der Waals surface area contributed by atoms with Gasteiger partial charge >= 0.3 is 0 Å². The standard InChI is InChI=1S/C21H24N4O6/c1-11-8-12(25-9-15(23-24-25)13-4-2-3-5-14(13)22)6-7-16(11)30-21-20(29)19(28)18(27)17(10-26)31-21/h2-9,17-21,26-29H,10,22H2,1H3. The smallest absolute Gasteiger partial charge is 0.229 e. The second kappa shape index (κ2) is 8.61. The minimum Gasteiger partial charge on any atom is -0.462 e. The molecule has 10 nitrogen and oxygen atoms in total. The van der Waals surface area contributed by atoms with Crippen molar-refractivity contribution in [3.8, 4) is 22.7 Å². The zero-order valence-electron chi connectivity index (χ0n) is 16.7. The molecule has 31 heavy (non-hydrogen) atoms. The number of para-hydroxylation sites is 1. The molecule has 4 rings (SSSR count). The normalized spacial score (nSPS) is 26.0. The van der Waals surface area contributed by atoms with Crippen molar-refractivity contribution in [3.63, 3.8) is 0 Å². The molecule has 1 aliphatic heterocycles. The van der Waals surface area contributed by atoms with E-state index in [9.17, 15) is 20.4 Å². The van der Waals surface area contributed by atoms with Gasteiger partial charge in [-0.1, -0.05) is 23.4 Å². The quantitative estimate of drug-likeness (QED) is 0.353. The summed E-state index contributed by atoms with van der Waals surface area (Å²) in [5.74, 6) is 0.403. The summed E-state index contributed by atoms with van der Waals surface area (Å²) in [6.45, 7) is 1.28. The molecular weight excluding hydrogens is 404 g/mol. The number of ether oxygens (including phenoxy) is 2. The molecule has 5 unspecified atom stereocenters. The Morgan fingerprint density at radius 1 is 1.10 bits per heavy atom. The van der Waals surface area contributed by atoms with Crippen molar-refractivity contribution in [2.24, 2.45) is 0 Å². The number of aryl methyl sites for hydroxylation is 1. The van der Waals surface area contributed by atoms with E-state index in [4.69, 9.17) is 15.2 Å². The number of rotatable bonds is 5. The summed E-state index contributed by atoms with van der Waals surface area (Å²) in [7, 11) is 0. The highest BCUT2D eigenvalue weighted by Crippen LogP contribution is 2.28. The van der Waals surface area contributed by atoms with Gasteiger partial charge in [-0.15, -0.1) is 5.10 Å². The van der Waals surface area contributed by atoms with Gasteiger partial charge in [0.1, 0.15) is 35.9 Å². The van der Waals surface area contributed by atoms with E-state index in [1.807, 2.05) is 24.3 Å². The molecule has 0 saturated carbocycles. The predicted octanol–water partition coefficient (Wildman–Crippen LogP) is 0.00362. The minimum absolute atomic E-state index is 0.403. The Hall–Kier alpha value is -3.02. The van der Waals surface area contributed by atoms with Gasteiger partial charge in [-0.3, -0.25) is 0 Å². The first kappa shape index (κ1) is 21.2. The number of hydrogen-bond donors (Lipinski definition) is 5. The van der Waals surface area contributed by atoms with Crippen molar-refractivity contribution >= 4 is 5.69 Å². The second-order valence-electron chi connectivity index (χ2n) is 7.40. The lowest BCUT2D eigenvalue weighted by molar-refractivity contribution is -0.277. The molecule has 5 atom stereocenters. The zero-order chi connectivity index (χ0) is 22.1. The van der Waals surface area contributed by atoms with Gasteiger partial charge in [0.15, 0.2) is 0 Å². The van der Waals surface area contributed by atoms with Gasteiger partial charge < -0.3 is 35.6 Å². The number of nitrogen functional groups attached to an aromatic ring is 1. The Balaban J connectivity index is 1.53. The molecule has 164 valence electrons. The van der Waals surface area contributed by atoms with E-state index < -0.39 is 37.3 Å². The van der Waals surface area contributed by atoms with E-state index in [1.165, 1.54) is 0 Å². The van der Waals surface area contributed by atoms with Crippen LogP contribution in [0.1, 0.15) is 5.56 Å². The van der Waals surface area contributed by atoms with Crippen molar-refractivity contribution in [2.75, 3.05) is 12.3 Å². The zero-order valence-corrected chi connectivity index (χ0v) is 16.7. The van der Waals surface area contributed by atoms with Crippen LogP contribution >= 0.6 is 0 Å². The van der Waals surface area contributed by atoms with E-state index in [0.29, 0.717) is 22.7 Å². The van der Waals surface area contributed by atoms with Gasteiger partial charge in [0.2, 0.25) is 6.29 Å². The van der Waals surface area contributed by atoms with Gasteiger partial charge in [0.05, 0.1) is 18.5 Å². The van der Waals surface area contributed by atoms with Crippen LogP contribution in [0, 0.1) is 6.92 Å². The number of benzene rings is 2. The van der Waals surface area contributed by atoms with E-state index in [0.717, 1.165) is 11.3 Å². The number of nitrogens with zero attached hydrogens (tertiary/aromatic N) is 3. The summed E-state index contributed by atoms with van der Waals surface area (Å²) in [6, 6.07) is 12.6. The number of anilines is 1. The highest BCUT2D eigenvalue weighted by atomic mass is 16.7. The van der Waals surface area contributed by atoms with Crippen molar-refractivity contribution in [1.82, 2.24) is 15.0 Å². The molecule has 0 amide bonds. The van der Waals surface area contributed by atoms with Crippen LogP contribution in [0.5, 0.6) is 5.75 Å². The number of aliphatic hydroxyl groups is 4. The number of nitrogens with two attached hydrogens (primary N) is 1. The van der Waals surface area contributed by atoms with Crippen molar-refractivity contribution < 1.29 is 29.9 Å². The highest BCUT2D eigenvalue weighted by molar-refractivity contribution is 5.73. The molecule has 1 fully saturated rings. The third-order valence-corrected chi connectivity index (χ3v) is 5.24. The fourth-order valence-corrected chi connectivity index (χ4v) is 3.44. The molecule has 1 aliphatic rings. The van der Waals surface area contributed by atoms with E-state index in [2.05, 4.69) is 10.3 Å². The van der Waals surface area contributed by atoms with Gasteiger partial charge in [-0.2, -0.15) is 0 Å². The maximum atomic E-state index is 10.2. The van der Waals surface area contributed by atoms with Crippen LogP contribution in [-0.2, 0) is 4.74 Å². The molecule has 0 radical (unpaired) electrons. The Bertz CT molecular complexity index is 1060. The molecule has 6 N–H and O–H groups in total. The maximum Gasteiger partial charge on any atom is 0.229 e. The third kappa shape index (κ3) is 4.11. The fraction of sp³-hybridized carbons (Fsp3) is 0.333. The number of hydrogen-bond acceptors (Lipinski definition) is 9. The fourth-order valence-electron chi connectivity index (χ4n) is 3.44. The van der Waals surface area contributed by atoms with Crippen LogP contribution in [0.25, 0.3) is 16.9 Å². The number of aromatic nitrogens is 3. The first-order valence-electron chi connectivity index (χ1n) is 9.74. The van der Waals surface area contributed by atoms with E-state index in [-0.39, 0.29) is 0 Å². The highest BCUT2D eigenvalue weighted by Gasteiger charge is 2.44. The predicted molar refractivity (Wildman–Crippen MR) is 110 cm³/mol. The molecule has 1 aromatic heterocycles. The van der Waals surface area contributed by atoms with Crippen molar-refractivity contribution in [3.05, 3.63) is 54.2 Å². The monoisotopic (exact) mass is 428 g/mol. The molecular formula is C21H24N4O6. The molecule has 0 aliphatic carbocycles. The second-order valence-corrected chi connectivity index (χ2v) is 7.40. The maximum absolute atomic E-state index is 10.2. The molecule has 0 spiro atoms.